The highest BCUT2D eigenvalue weighted by Gasteiger charge is 2.28. The highest BCUT2D eigenvalue weighted by Crippen LogP contribution is 2.17. The van der Waals surface area contributed by atoms with Gasteiger partial charge in [0.05, 0.1) is 17.9 Å². The number of carbonyl (C=O) groups is 1. The van der Waals surface area contributed by atoms with Gasteiger partial charge in [-0.15, -0.1) is 0 Å². The van der Waals surface area contributed by atoms with E-state index in [0.29, 0.717) is 30.0 Å². The largest absolute Gasteiger partial charge is 0.356 e. The van der Waals surface area contributed by atoms with Crippen molar-refractivity contribution in [3.05, 3.63) is 27.4 Å². The molecule has 0 aromatic carbocycles. The molecule has 2 rings (SSSR count). The van der Waals surface area contributed by atoms with Crippen LogP contribution in [0.15, 0.2) is 4.79 Å². The van der Waals surface area contributed by atoms with Crippen LogP contribution in [0.1, 0.15) is 23.5 Å². The first kappa shape index (κ1) is 15.7. The lowest BCUT2D eigenvalue weighted by atomic mass is 10.1. The number of amides is 1. The fourth-order valence-electron chi connectivity index (χ4n) is 2.47. The predicted octanol–water partition coefficient (Wildman–Crippen LogP) is -0.520. The Labute approximate surface area is 123 Å². The van der Waals surface area contributed by atoms with Crippen molar-refractivity contribution in [1.82, 2.24) is 15.3 Å². The fraction of sp³-hybridized carbons (Fsp3) is 0.615. The van der Waals surface area contributed by atoms with E-state index in [2.05, 4.69) is 15.3 Å². The van der Waals surface area contributed by atoms with Crippen LogP contribution in [-0.2, 0) is 21.1 Å². The molecule has 21 heavy (non-hydrogen) atoms. The smallest absolute Gasteiger partial charge is 0.254 e. The number of hydrogen-bond acceptors (Lipinski definition) is 5. The normalized spacial score (nSPS) is 20.4. The van der Waals surface area contributed by atoms with E-state index in [4.69, 9.17) is 0 Å². The first-order valence-electron chi connectivity index (χ1n) is 6.80. The zero-order valence-corrected chi connectivity index (χ0v) is 12.9. The van der Waals surface area contributed by atoms with Crippen LogP contribution in [0, 0.1) is 19.8 Å². The number of hydrogen-bond donors (Lipinski definition) is 2. The molecule has 2 N–H and O–H groups in total. The van der Waals surface area contributed by atoms with Gasteiger partial charge in [-0.25, -0.2) is 13.4 Å². The lowest BCUT2D eigenvalue weighted by Crippen LogP contribution is -2.33. The van der Waals surface area contributed by atoms with Crippen molar-refractivity contribution >= 4 is 15.7 Å². The minimum absolute atomic E-state index is 0.0329. The molecule has 1 amide bonds. The van der Waals surface area contributed by atoms with Crippen molar-refractivity contribution in [3.63, 3.8) is 0 Å². The summed E-state index contributed by atoms with van der Waals surface area (Å²) >= 11 is 0. The molecule has 1 unspecified atom stereocenters. The summed E-state index contributed by atoms with van der Waals surface area (Å²) in [6.45, 7) is 3.70. The van der Waals surface area contributed by atoms with Crippen LogP contribution in [0.3, 0.4) is 0 Å². The molecule has 0 bridgehead atoms. The summed E-state index contributed by atoms with van der Waals surface area (Å²) in [5.41, 5.74) is 0.575. The van der Waals surface area contributed by atoms with E-state index in [1.54, 1.807) is 13.8 Å². The number of aryl methyl sites for hydroxylation is 2. The molecule has 2 heterocycles. The average Bonchev–Trinajstić information content (AvgIpc) is 2.71. The second kappa shape index (κ2) is 5.97. The van der Waals surface area contributed by atoms with Gasteiger partial charge < -0.3 is 10.3 Å². The summed E-state index contributed by atoms with van der Waals surface area (Å²) in [6, 6.07) is 0. The molecule has 1 aromatic rings. The Kier molecular flexibility index (Phi) is 4.46. The topological polar surface area (TPSA) is 109 Å². The van der Waals surface area contributed by atoms with E-state index in [1.165, 1.54) is 0 Å². The molecule has 7 nitrogen and oxygen atoms in total. The molecule has 0 saturated carbocycles. The van der Waals surface area contributed by atoms with Crippen molar-refractivity contribution in [2.75, 3.05) is 18.1 Å². The summed E-state index contributed by atoms with van der Waals surface area (Å²) in [5.74, 6) is 0.499. The molecular formula is C13H19N3O4S. The van der Waals surface area contributed by atoms with Crippen molar-refractivity contribution in [2.24, 2.45) is 5.92 Å². The predicted molar refractivity (Wildman–Crippen MR) is 77.8 cm³/mol. The number of rotatable bonds is 4. The van der Waals surface area contributed by atoms with E-state index < -0.39 is 9.84 Å². The van der Waals surface area contributed by atoms with Crippen LogP contribution in [0.2, 0.25) is 0 Å². The van der Waals surface area contributed by atoms with Gasteiger partial charge in [0.25, 0.3) is 5.56 Å². The minimum Gasteiger partial charge on any atom is -0.356 e. The number of aromatic nitrogens is 2. The monoisotopic (exact) mass is 313 g/mol. The van der Waals surface area contributed by atoms with Crippen LogP contribution in [0.5, 0.6) is 0 Å². The highest BCUT2D eigenvalue weighted by atomic mass is 32.2. The number of H-pyrrole nitrogens is 1. The zero-order valence-electron chi connectivity index (χ0n) is 12.1. The number of sulfone groups is 1. The van der Waals surface area contributed by atoms with Crippen LogP contribution in [-0.4, -0.2) is 42.3 Å². The van der Waals surface area contributed by atoms with Crippen molar-refractivity contribution < 1.29 is 13.2 Å². The van der Waals surface area contributed by atoms with Gasteiger partial charge in [-0.1, -0.05) is 0 Å². The van der Waals surface area contributed by atoms with Gasteiger partial charge in [0.1, 0.15) is 5.82 Å². The summed E-state index contributed by atoms with van der Waals surface area (Å²) in [6.07, 6.45) is 0.530. The van der Waals surface area contributed by atoms with E-state index in [9.17, 15) is 18.0 Å². The summed E-state index contributed by atoms with van der Waals surface area (Å²) < 4.78 is 22.7. The Morgan fingerprint density at radius 3 is 2.71 bits per heavy atom. The van der Waals surface area contributed by atoms with E-state index in [1.807, 2.05) is 0 Å². The van der Waals surface area contributed by atoms with E-state index >= 15 is 0 Å². The number of nitrogens with one attached hydrogen (secondary N) is 2. The van der Waals surface area contributed by atoms with Gasteiger partial charge in [-0.2, -0.15) is 0 Å². The first-order chi connectivity index (χ1) is 9.77. The van der Waals surface area contributed by atoms with Crippen molar-refractivity contribution in [3.8, 4) is 0 Å². The Morgan fingerprint density at radius 2 is 2.14 bits per heavy atom. The molecular weight excluding hydrogens is 294 g/mol. The molecule has 0 radical (unpaired) electrons. The zero-order chi connectivity index (χ0) is 15.6. The fourth-order valence-corrected chi connectivity index (χ4v) is 4.34. The Bertz CT molecular complexity index is 709. The maximum absolute atomic E-state index is 11.9. The molecule has 116 valence electrons. The second-order valence-corrected chi connectivity index (χ2v) is 7.69. The SMILES string of the molecule is Cc1nc(C)c(CC(=O)NCC2CCS(=O)(=O)C2)c(=O)[nH]1. The Balaban J connectivity index is 1.93. The van der Waals surface area contributed by atoms with Gasteiger partial charge in [-0.05, 0) is 26.2 Å². The lowest BCUT2D eigenvalue weighted by molar-refractivity contribution is -0.120. The molecule has 1 aromatic heterocycles. The maximum Gasteiger partial charge on any atom is 0.254 e. The molecule has 1 saturated heterocycles. The molecule has 1 aliphatic rings. The number of nitrogens with zero attached hydrogens (tertiary/aromatic N) is 1. The molecule has 0 aliphatic carbocycles. The first-order valence-corrected chi connectivity index (χ1v) is 8.62. The van der Waals surface area contributed by atoms with Gasteiger partial charge >= 0.3 is 0 Å². The average molecular weight is 313 g/mol. The molecule has 8 heteroatoms. The van der Waals surface area contributed by atoms with E-state index in [-0.39, 0.29) is 35.3 Å². The van der Waals surface area contributed by atoms with Gasteiger partial charge in [0, 0.05) is 17.8 Å². The third kappa shape index (κ3) is 4.13. The second-order valence-electron chi connectivity index (χ2n) is 5.47. The molecule has 0 spiro atoms. The van der Waals surface area contributed by atoms with Crippen LogP contribution >= 0.6 is 0 Å². The Hall–Kier alpha value is -1.70. The van der Waals surface area contributed by atoms with Gasteiger partial charge in [0.2, 0.25) is 5.91 Å². The standard InChI is InChI=1S/C13H19N3O4S/c1-8-11(13(18)16-9(2)15-8)5-12(17)14-6-10-3-4-21(19,20)7-10/h10H,3-7H2,1-2H3,(H,14,17)(H,15,16,18). The molecule has 1 fully saturated rings. The highest BCUT2D eigenvalue weighted by molar-refractivity contribution is 7.91. The summed E-state index contributed by atoms with van der Waals surface area (Å²) in [4.78, 5) is 30.4. The molecule has 1 atom stereocenters. The molecule has 1 aliphatic heterocycles. The van der Waals surface area contributed by atoms with Crippen molar-refractivity contribution in [2.45, 2.75) is 26.7 Å². The maximum atomic E-state index is 11.9. The van der Waals surface area contributed by atoms with Gasteiger partial charge in [0.15, 0.2) is 9.84 Å². The lowest BCUT2D eigenvalue weighted by Gasteiger charge is -2.10. The van der Waals surface area contributed by atoms with Crippen LogP contribution < -0.4 is 10.9 Å². The van der Waals surface area contributed by atoms with Crippen LogP contribution in [0.25, 0.3) is 0 Å². The minimum atomic E-state index is -2.94. The number of carbonyl (C=O) groups excluding carboxylic acids is 1. The number of aromatic amines is 1. The van der Waals surface area contributed by atoms with E-state index in [0.717, 1.165) is 0 Å². The van der Waals surface area contributed by atoms with Crippen molar-refractivity contribution in [1.29, 1.82) is 0 Å². The van der Waals surface area contributed by atoms with Crippen LogP contribution in [0.4, 0.5) is 0 Å². The Morgan fingerprint density at radius 1 is 1.43 bits per heavy atom. The third-order valence-corrected chi connectivity index (χ3v) is 5.43. The summed E-state index contributed by atoms with van der Waals surface area (Å²) in [5, 5.41) is 2.70. The van der Waals surface area contributed by atoms with Gasteiger partial charge in [-0.3, -0.25) is 9.59 Å². The summed E-state index contributed by atoms with van der Waals surface area (Å²) in [7, 11) is -2.94. The quantitative estimate of drug-likeness (QED) is 0.777. The third-order valence-electron chi connectivity index (χ3n) is 3.59.